The van der Waals surface area contributed by atoms with Gasteiger partial charge in [0.1, 0.15) is 0 Å². The molecule has 0 fully saturated rings. The second-order valence-corrected chi connectivity index (χ2v) is 6.91. The van der Waals surface area contributed by atoms with Crippen molar-refractivity contribution in [3.05, 3.63) is 23.3 Å². The Morgan fingerprint density at radius 2 is 1.67 bits per heavy atom. The van der Waals surface area contributed by atoms with Crippen molar-refractivity contribution >= 4 is 10.2 Å². The van der Waals surface area contributed by atoms with E-state index in [4.69, 9.17) is 0 Å². The average Bonchev–Trinajstić information content (AvgIpc) is 2.59. The van der Waals surface area contributed by atoms with Crippen LogP contribution in [-0.4, -0.2) is 10.2 Å². The van der Waals surface area contributed by atoms with Crippen molar-refractivity contribution in [3.8, 4) is 0 Å². The first-order valence-corrected chi connectivity index (χ1v) is 7.90. The number of hydrogen-bond donors (Lipinski definition) is 0. The van der Waals surface area contributed by atoms with Crippen LogP contribution >= 0.6 is 0 Å². The first-order chi connectivity index (χ1) is 7.36. The third-order valence-electron chi connectivity index (χ3n) is 3.91. The van der Waals surface area contributed by atoms with Crippen LogP contribution in [0.5, 0.6) is 0 Å². The van der Waals surface area contributed by atoms with Crippen molar-refractivity contribution in [1.82, 2.24) is 0 Å². The van der Waals surface area contributed by atoms with Crippen LogP contribution in [0, 0.1) is 0 Å². The minimum Gasteiger partial charge on any atom is -0.0811 e. The van der Waals surface area contributed by atoms with Gasteiger partial charge in [-0.05, 0) is 56.1 Å². The summed E-state index contributed by atoms with van der Waals surface area (Å²) in [5.74, 6) is 0. The maximum atomic E-state index is 2.55. The highest BCUT2D eigenvalue weighted by atomic mass is 28.1. The summed E-state index contributed by atoms with van der Waals surface area (Å²) in [6, 6.07) is 0. The van der Waals surface area contributed by atoms with Crippen molar-refractivity contribution in [3.63, 3.8) is 0 Å². The van der Waals surface area contributed by atoms with E-state index in [0.29, 0.717) is 0 Å². The zero-order valence-corrected chi connectivity index (χ0v) is 12.1. The van der Waals surface area contributed by atoms with Crippen LogP contribution in [0.25, 0.3) is 0 Å². The molecular formula is C14H24Si. The van der Waals surface area contributed by atoms with E-state index in [1.807, 2.05) is 0 Å². The lowest BCUT2D eigenvalue weighted by atomic mass is 9.97. The molecule has 0 amide bonds. The van der Waals surface area contributed by atoms with Crippen molar-refractivity contribution in [2.45, 2.75) is 63.3 Å². The van der Waals surface area contributed by atoms with Gasteiger partial charge in [-0.2, -0.15) is 0 Å². The lowest BCUT2D eigenvalue weighted by Crippen LogP contribution is -1.92. The summed E-state index contributed by atoms with van der Waals surface area (Å²) in [4.78, 5) is 0. The van der Waals surface area contributed by atoms with Gasteiger partial charge < -0.3 is 0 Å². The molecule has 0 nitrogen and oxygen atoms in total. The standard InChI is InChI=1S/C14H24Si/c15-14-9-5-8-13(10-11-14)12-6-3-1-2-4-7-12/h6,8,14H,1-5,7,9-11H2,15H3. The SMILES string of the molecule is [SiH3]C1CCC=C(C2=CCCCCC2)CC1. The summed E-state index contributed by atoms with van der Waals surface area (Å²) < 4.78 is 0. The van der Waals surface area contributed by atoms with Gasteiger partial charge in [-0.15, -0.1) is 0 Å². The van der Waals surface area contributed by atoms with Crippen LogP contribution in [0.1, 0.15) is 57.8 Å². The molecule has 1 heteroatoms. The third kappa shape index (κ3) is 3.34. The highest BCUT2D eigenvalue weighted by Gasteiger charge is 2.12. The Balaban J connectivity index is 2.01. The molecule has 15 heavy (non-hydrogen) atoms. The van der Waals surface area contributed by atoms with Gasteiger partial charge in [0.2, 0.25) is 0 Å². The van der Waals surface area contributed by atoms with Crippen LogP contribution in [0.3, 0.4) is 0 Å². The number of hydrogen-bond acceptors (Lipinski definition) is 0. The van der Waals surface area contributed by atoms with E-state index in [1.165, 1.54) is 68.0 Å². The lowest BCUT2D eigenvalue weighted by Gasteiger charge is -2.10. The van der Waals surface area contributed by atoms with Crippen molar-refractivity contribution < 1.29 is 0 Å². The average molecular weight is 220 g/mol. The van der Waals surface area contributed by atoms with E-state index in [-0.39, 0.29) is 0 Å². The van der Waals surface area contributed by atoms with E-state index in [2.05, 4.69) is 12.2 Å². The molecule has 2 rings (SSSR count). The van der Waals surface area contributed by atoms with Gasteiger partial charge in [0.25, 0.3) is 0 Å². The molecule has 2 aliphatic rings. The van der Waals surface area contributed by atoms with Crippen LogP contribution in [0.4, 0.5) is 0 Å². The zero-order chi connectivity index (χ0) is 10.5. The van der Waals surface area contributed by atoms with Crippen LogP contribution < -0.4 is 0 Å². The normalized spacial score (nSPS) is 28.9. The van der Waals surface area contributed by atoms with Gasteiger partial charge in [-0.25, -0.2) is 0 Å². The molecule has 0 heterocycles. The van der Waals surface area contributed by atoms with Gasteiger partial charge in [-0.3, -0.25) is 0 Å². The van der Waals surface area contributed by atoms with E-state index >= 15 is 0 Å². The molecule has 1 unspecified atom stereocenters. The summed E-state index contributed by atoms with van der Waals surface area (Å²) in [7, 11) is 1.40. The molecule has 0 aliphatic heterocycles. The molecule has 0 bridgehead atoms. The highest BCUT2D eigenvalue weighted by Crippen LogP contribution is 2.32. The Kier molecular flexibility index (Phi) is 4.25. The summed E-state index contributed by atoms with van der Waals surface area (Å²) in [5, 5.41) is 0. The molecule has 0 aromatic carbocycles. The van der Waals surface area contributed by atoms with Gasteiger partial charge in [0.15, 0.2) is 0 Å². The topological polar surface area (TPSA) is 0 Å². The van der Waals surface area contributed by atoms with E-state index in [1.54, 1.807) is 11.1 Å². The lowest BCUT2D eigenvalue weighted by molar-refractivity contribution is 0.698. The molecule has 0 N–H and O–H groups in total. The first-order valence-electron chi connectivity index (χ1n) is 6.74. The molecule has 1 atom stereocenters. The predicted molar refractivity (Wildman–Crippen MR) is 71.4 cm³/mol. The fourth-order valence-corrected chi connectivity index (χ4v) is 3.41. The first kappa shape index (κ1) is 11.2. The summed E-state index contributed by atoms with van der Waals surface area (Å²) in [6.07, 6.45) is 17.7. The Morgan fingerprint density at radius 3 is 2.60 bits per heavy atom. The van der Waals surface area contributed by atoms with E-state index in [9.17, 15) is 0 Å². The van der Waals surface area contributed by atoms with Crippen LogP contribution in [0.15, 0.2) is 23.3 Å². The Hall–Kier alpha value is -0.303. The Bertz CT molecular complexity index is 263. The largest absolute Gasteiger partial charge is 0.0811 e. The molecule has 84 valence electrons. The molecule has 2 aliphatic carbocycles. The van der Waals surface area contributed by atoms with Crippen molar-refractivity contribution in [2.75, 3.05) is 0 Å². The fourth-order valence-electron chi connectivity index (χ4n) is 2.79. The number of rotatable bonds is 1. The Labute approximate surface area is 97.3 Å². The molecule has 0 saturated heterocycles. The van der Waals surface area contributed by atoms with Crippen LogP contribution in [-0.2, 0) is 0 Å². The second-order valence-electron chi connectivity index (χ2n) is 5.28. The maximum Gasteiger partial charge on any atom is 0.00675 e. The van der Waals surface area contributed by atoms with Gasteiger partial charge in [-0.1, -0.05) is 30.5 Å². The van der Waals surface area contributed by atoms with Gasteiger partial charge in [0.05, 0.1) is 0 Å². The van der Waals surface area contributed by atoms with Gasteiger partial charge in [0, 0.05) is 10.2 Å². The predicted octanol–water partition coefficient (Wildman–Crippen LogP) is 3.53. The zero-order valence-electron chi connectivity index (χ0n) is 10.1. The smallest absolute Gasteiger partial charge is 0.00675 e. The fraction of sp³-hybridized carbons (Fsp3) is 0.714. The Morgan fingerprint density at radius 1 is 0.867 bits per heavy atom. The van der Waals surface area contributed by atoms with E-state index < -0.39 is 0 Å². The second kappa shape index (κ2) is 5.69. The monoisotopic (exact) mass is 220 g/mol. The molecule has 0 aromatic rings. The van der Waals surface area contributed by atoms with E-state index in [0.717, 1.165) is 5.54 Å². The molecule has 0 saturated carbocycles. The number of allylic oxidation sites excluding steroid dienone is 4. The minimum absolute atomic E-state index is 1.07. The molecule has 0 spiro atoms. The van der Waals surface area contributed by atoms with Crippen LogP contribution in [0.2, 0.25) is 5.54 Å². The summed E-state index contributed by atoms with van der Waals surface area (Å²) in [5.41, 5.74) is 4.50. The quantitative estimate of drug-likeness (QED) is 0.593. The summed E-state index contributed by atoms with van der Waals surface area (Å²) in [6.45, 7) is 0. The maximum absolute atomic E-state index is 2.55. The molecular weight excluding hydrogens is 196 g/mol. The summed E-state index contributed by atoms with van der Waals surface area (Å²) >= 11 is 0. The van der Waals surface area contributed by atoms with Crippen molar-refractivity contribution in [1.29, 1.82) is 0 Å². The third-order valence-corrected chi connectivity index (χ3v) is 5.06. The highest BCUT2D eigenvalue weighted by molar-refractivity contribution is 6.11. The minimum atomic E-state index is 1.07. The molecule has 0 aromatic heterocycles. The molecule has 0 radical (unpaired) electrons. The van der Waals surface area contributed by atoms with Gasteiger partial charge >= 0.3 is 0 Å². The van der Waals surface area contributed by atoms with Crippen molar-refractivity contribution in [2.24, 2.45) is 0 Å².